The third-order valence-corrected chi connectivity index (χ3v) is 4.51. The van der Waals surface area contributed by atoms with Crippen LogP contribution in [0.2, 0.25) is 0 Å². The molecule has 0 aliphatic carbocycles. The molecular weight excluding hydrogens is 288 g/mol. The largest absolute Gasteiger partial charge is 0.369 e. The third kappa shape index (κ3) is 2.25. The van der Waals surface area contributed by atoms with Gasteiger partial charge in [0.05, 0.1) is 16.6 Å². The Morgan fingerprint density at radius 3 is 2.62 bits per heavy atom. The molecule has 2 N–H and O–H groups in total. The molecule has 0 unspecified atom stereocenters. The summed E-state index contributed by atoms with van der Waals surface area (Å²) in [6.07, 6.45) is 6.18. The first kappa shape index (κ1) is 13.6. The predicted molar refractivity (Wildman–Crippen MR) is 80.7 cm³/mol. The molecule has 2 heterocycles. The summed E-state index contributed by atoms with van der Waals surface area (Å²) in [7, 11) is -3.22. The molecule has 0 saturated carbocycles. The number of sulfone groups is 1. The van der Waals surface area contributed by atoms with Crippen molar-refractivity contribution in [1.82, 2.24) is 14.4 Å². The van der Waals surface area contributed by atoms with Crippen LogP contribution in [-0.2, 0) is 9.84 Å². The molecule has 0 atom stereocenters. The van der Waals surface area contributed by atoms with Gasteiger partial charge in [0.15, 0.2) is 9.84 Å². The number of benzene rings is 1. The van der Waals surface area contributed by atoms with Crippen molar-refractivity contribution in [2.45, 2.75) is 11.8 Å². The lowest BCUT2D eigenvalue weighted by atomic mass is 10.0. The molecule has 3 rings (SSSR count). The normalized spacial score (nSPS) is 11.9. The number of anilines is 1. The minimum atomic E-state index is -3.22. The number of aromatic nitrogens is 3. The number of imidazole rings is 1. The number of aryl methyl sites for hydroxylation is 1. The van der Waals surface area contributed by atoms with Gasteiger partial charge in [-0.05, 0) is 30.2 Å². The lowest BCUT2D eigenvalue weighted by Gasteiger charge is -2.10. The van der Waals surface area contributed by atoms with Crippen molar-refractivity contribution in [3.63, 3.8) is 0 Å². The highest BCUT2D eigenvalue weighted by Crippen LogP contribution is 2.29. The van der Waals surface area contributed by atoms with Gasteiger partial charge < -0.3 is 5.73 Å². The fourth-order valence-electron chi connectivity index (χ4n) is 2.31. The second-order valence-corrected chi connectivity index (χ2v) is 6.94. The number of nitrogens with zero attached hydrogens (tertiary/aromatic N) is 3. The molecule has 7 heteroatoms. The van der Waals surface area contributed by atoms with Crippen LogP contribution in [0.15, 0.2) is 41.8 Å². The van der Waals surface area contributed by atoms with Crippen LogP contribution in [0.25, 0.3) is 16.6 Å². The molecular formula is C14H14N4O2S. The molecule has 0 spiro atoms. The Labute approximate surface area is 122 Å². The molecule has 0 aliphatic rings. The molecule has 0 radical (unpaired) electrons. The molecule has 2 aromatic heterocycles. The van der Waals surface area contributed by atoms with Crippen molar-refractivity contribution >= 4 is 21.3 Å². The van der Waals surface area contributed by atoms with Crippen molar-refractivity contribution < 1.29 is 8.42 Å². The number of nitrogens with two attached hydrogens (primary N) is 1. The van der Waals surface area contributed by atoms with E-state index < -0.39 is 9.84 Å². The highest BCUT2D eigenvalue weighted by atomic mass is 32.2. The SMILES string of the molecule is Cc1cc(S(C)(=O)=O)ccc1-c1cnc(N)n2cncc12. The van der Waals surface area contributed by atoms with Gasteiger partial charge >= 0.3 is 0 Å². The maximum Gasteiger partial charge on any atom is 0.206 e. The molecule has 1 aromatic carbocycles. The Bertz CT molecular complexity index is 945. The standard InChI is InChI=1S/C14H14N4O2S/c1-9-5-10(21(2,19)20)3-4-11(9)12-6-17-14(15)18-8-16-7-13(12)18/h3-8H,1-2H3,(H2,15,17). The molecule has 6 nitrogen and oxygen atoms in total. The minimum absolute atomic E-state index is 0.302. The number of nitrogen functional groups attached to an aromatic ring is 1. The van der Waals surface area contributed by atoms with E-state index in [0.717, 1.165) is 22.2 Å². The Morgan fingerprint density at radius 2 is 1.95 bits per heavy atom. The fourth-order valence-corrected chi connectivity index (χ4v) is 3.02. The first-order valence-corrected chi connectivity index (χ1v) is 8.14. The van der Waals surface area contributed by atoms with E-state index >= 15 is 0 Å². The molecule has 3 aromatic rings. The zero-order chi connectivity index (χ0) is 15.2. The monoisotopic (exact) mass is 302 g/mol. The average Bonchev–Trinajstić information content (AvgIpc) is 2.89. The Balaban J connectivity index is 2.25. The van der Waals surface area contributed by atoms with Crippen molar-refractivity contribution in [3.05, 3.63) is 42.5 Å². The van der Waals surface area contributed by atoms with E-state index in [9.17, 15) is 8.42 Å². The summed E-state index contributed by atoms with van der Waals surface area (Å²) in [5.74, 6) is 0.358. The first-order valence-electron chi connectivity index (χ1n) is 6.25. The second-order valence-electron chi connectivity index (χ2n) is 4.93. The first-order chi connectivity index (χ1) is 9.88. The summed E-state index contributed by atoms with van der Waals surface area (Å²) in [6, 6.07) is 5.04. The molecule has 0 bridgehead atoms. The van der Waals surface area contributed by atoms with Gasteiger partial charge in [-0.15, -0.1) is 0 Å². The van der Waals surface area contributed by atoms with Crippen LogP contribution in [0.3, 0.4) is 0 Å². The van der Waals surface area contributed by atoms with E-state index in [1.165, 1.54) is 6.26 Å². The number of hydrogen-bond donors (Lipinski definition) is 1. The summed E-state index contributed by atoms with van der Waals surface area (Å²) in [5.41, 5.74) is 9.25. The molecule has 0 aliphatic heterocycles. The van der Waals surface area contributed by atoms with Crippen molar-refractivity contribution in [3.8, 4) is 11.1 Å². The second kappa shape index (κ2) is 4.56. The maximum atomic E-state index is 11.6. The Hall–Kier alpha value is -2.41. The van der Waals surface area contributed by atoms with Gasteiger partial charge in [0.1, 0.15) is 6.33 Å². The molecule has 21 heavy (non-hydrogen) atoms. The lowest BCUT2D eigenvalue weighted by Crippen LogP contribution is -2.01. The van der Waals surface area contributed by atoms with E-state index in [0.29, 0.717) is 10.8 Å². The van der Waals surface area contributed by atoms with Crippen LogP contribution >= 0.6 is 0 Å². The van der Waals surface area contributed by atoms with Gasteiger partial charge in [-0.1, -0.05) is 6.07 Å². The van der Waals surface area contributed by atoms with Gasteiger partial charge in [0, 0.05) is 18.0 Å². The van der Waals surface area contributed by atoms with Gasteiger partial charge in [0.25, 0.3) is 0 Å². The maximum absolute atomic E-state index is 11.6. The van der Waals surface area contributed by atoms with E-state index in [1.807, 2.05) is 6.92 Å². The summed E-state index contributed by atoms with van der Waals surface area (Å²) < 4.78 is 24.9. The zero-order valence-corrected chi connectivity index (χ0v) is 12.4. The van der Waals surface area contributed by atoms with Crippen molar-refractivity contribution in [2.24, 2.45) is 0 Å². The smallest absolute Gasteiger partial charge is 0.206 e. The topological polar surface area (TPSA) is 90.3 Å². The van der Waals surface area contributed by atoms with E-state index in [2.05, 4.69) is 9.97 Å². The van der Waals surface area contributed by atoms with Crippen LogP contribution in [0.5, 0.6) is 0 Å². The molecule has 0 fully saturated rings. The van der Waals surface area contributed by atoms with E-state index in [-0.39, 0.29) is 0 Å². The van der Waals surface area contributed by atoms with E-state index in [4.69, 9.17) is 5.73 Å². The molecule has 0 saturated heterocycles. The van der Waals surface area contributed by atoms with Gasteiger partial charge in [-0.25, -0.2) is 18.4 Å². The minimum Gasteiger partial charge on any atom is -0.369 e. The summed E-state index contributed by atoms with van der Waals surface area (Å²) in [6.45, 7) is 1.87. The fraction of sp³-hybridized carbons (Fsp3) is 0.143. The highest BCUT2D eigenvalue weighted by molar-refractivity contribution is 7.90. The highest BCUT2D eigenvalue weighted by Gasteiger charge is 2.13. The van der Waals surface area contributed by atoms with Crippen LogP contribution in [0.4, 0.5) is 5.95 Å². The number of rotatable bonds is 2. The van der Waals surface area contributed by atoms with Crippen LogP contribution in [-0.4, -0.2) is 29.0 Å². The average molecular weight is 302 g/mol. The third-order valence-electron chi connectivity index (χ3n) is 3.40. The van der Waals surface area contributed by atoms with Gasteiger partial charge in [-0.3, -0.25) is 4.40 Å². The Morgan fingerprint density at radius 1 is 1.19 bits per heavy atom. The summed E-state index contributed by atoms with van der Waals surface area (Å²) in [5, 5.41) is 0. The van der Waals surface area contributed by atoms with Crippen molar-refractivity contribution in [1.29, 1.82) is 0 Å². The van der Waals surface area contributed by atoms with Crippen molar-refractivity contribution in [2.75, 3.05) is 12.0 Å². The van der Waals surface area contributed by atoms with Crippen LogP contribution in [0.1, 0.15) is 5.56 Å². The van der Waals surface area contributed by atoms with E-state index in [1.54, 1.807) is 41.3 Å². The van der Waals surface area contributed by atoms with Crippen LogP contribution in [0, 0.1) is 6.92 Å². The number of hydrogen-bond acceptors (Lipinski definition) is 5. The summed E-state index contributed by atoms with van der Waals surface area (Å²) in [4.78, 5) is 8.53. The van der Waals surface area contributed by atoms with Crippen LogP contribution < -0.4 is 5.73 Å². The Kier molecular flexibility index (Phi) is 2.94. The lowest BCUT2D eigenvalue weighted by molar-refractivity contribution is 0.602. The van der Waals surface area contributed by atoms with Gasteiger partial charge in [-0.2, -0.15) is 0 Å². The molecule has 0 amide bonds. The summed E-state index contributed by atoms with van der Waals surface area (Å²) >= 11 is 0. The predicted octanol–water partition coefficient (Wildman–Crippen LogP) is 1.69. The quantitative estimate of drug-likeness (QED) is 0.778. The van der Waals surface area contributed by atoms with Gasteiger partial charge in [0.2, 0.25) is 5.95 Å². The molecule has 108 valence electrons. The zero-order valence-electron chi connectivity index (χ0n) is 11.6. The number of fused-ring (bicyclic) bond motifs is 1.